The molecule has 5 nitrogen and oxygen atoms in total. The highest BCUT2D eigenvalue weighted by atomic mass is 16.5. The van der Waals surface area contributed by atoms with Gasteiger partial charge in [-0.2, -0.15) is 0 Å². The lowest BCUT2D eigenvalue weighted by Crippen LogP contribution is -2.39. The van der Waals surface area contributed by atoms with Crippen LogP contribution in [0.2, 0.25) is 0 Å². The Morgan fingerprint density at radius 1 is 1.16 bits per heavy atom. The molecule has 25 heavy (non-hydrogen) atoms. The average Bonchev–Trinajstić information content (AvgIpc) is 2.90. The van der Waals surface area contributed by atoms with Crippen molar-refractivity contribution in [3.8, 4) is 0 Å². The number of fused-ring (bicyclic) bond motifs is 1. The second kappa shape index (κ2) is 7.49. The summed E-state index contributed by atoms with van der Waals surface area (Å²) in [4.78, 5) is 27.2. The molecule has 2 amide bonds. The quantitative estimate of drug-likeness (QED) is 0.823. The molecule has 5 heteroatoms. The van der Waals surface area contributed by atoms with Gasteiger partial charge in [0.1, 0.15) is 6.04 Å². The molecular weight excluding hydrogens is 316 g/mol. The van der Waals surface area contributed by atoms with Crippen LogP contribution < -0.4 is 5.32 Å². The number of hydrogen-bond acceptors (Lipinski definition) is 3. The summed E-state index contributed by atoms with van der Waals surface area (Å²) in [7, 11) is 1.59. The highest BCUT2D eigenvalue weighted by Gasteiger charge is 2.40. The fourth-order valence-corrected chi connectivity index (χ4v) is 3.08. The molecule has 0 aliphatic carbocycles. The van der Waals surface area contributed by atoms with Crippen LogP contribution in [0.25, 0.3) is 0 Å². The third-order valence-electron chi connectivity index (χ3n) is 4.39. The van der Waals surface area contributed by atoms with Crippen molar-refractivity contribution in [3.63, 3.8) is 0 Å². The van der Waals surface area contributed by atoms with Crippen LogP contribution in [0.15, 0.2) is 48.5 Å². The van der Waals surface area contributed by atoms with Crippen molar-refractivity contribution < 1.29 is 14.3 Å². The van der Waals surface area contributed by atoms with Gasteiger partial charge in [0.2, 0.25) is 5.91 Å². The van der Waals surface area contributed by atoms with E-state index in [0.717, 1.165) is 16.7 Å². The van der Waals surface area contributed by atoms with E-state index >= 15 is 0 Å². The summed E-state index contributed by atoms with van der Waals surface area (Å²) in [5.41, 5.74) is 3.52. The Bertz CT molecular complexity index is 771. The van der Waals surface area contributed by atoms with Gasteiger partial charge < -0.3 is 15.0 Å². The molecule has 1 heterocycles. The SMILES string of the molecule is COCCNC(=O)[C@@H]1c2ccccc2C(=O)N1Cc1ccc(C)cc1. The summed E-state index contributed by atoms with van der Waals surface area (Å²) in [6, 6.07) is 14.7. The molecule has 0 saturated heterocycles. The van der Waals surface area contributed by atoms with Crippen LogP contribution in [0.3, 0.4) is 0 Å². The fourth-order valence-electron chi connectivity index (χ4n) is 3.08. The standard InChI is InChI=1S/C20H22N2O3/c1-14-7-9-15(10-8-14)13-22-18(19(23)21-11-12-25-2)16-5-3-4-6-17(16)20(22)24/h3-10,18H,11-13H2,1-2H3,(H,21,23)/t18-/m0/s1. The van der Waals surface area contributed by atoms with Crippen LogP contribution in [0.4, 0.5) is 0 Å². The zero-order chi connectivity index (χ0) is 17.8. The number of amides is 2. The molecule has 1 atom stereocenters. The summed E-state index contributed by atoms with van der Waals surface area (Å²) in [5, 5.41) is 2.85. The number of benzene rings is 2. The smallest absolute Gasteiger partial charge is 0.255 e. The first-order chi connectivity index (χ1) is 12.1. The summed E-state index contributed by atoms with van der Waals surface area (Å²) in [5.74, 6) is -0.287. The molecule has 1 aliphatic rings. The van der Waals surface area contributed by atoms with Crippen molar-refractivity contribution in [2.24, 2.45) is 0 Å². The topological polar surface area (TPSA) is 58.6 Å². The third-order valence-corrected chi connectivity index (χ3v) is 4.39. The van der Waals surface area contributed by atoms with Gasteiger partial charge in [-0.25, -0.2) is 0 Å². The number of carbonyl (C=O) groups excluding carboxylic acids is 2. The van der Waals surface area contributed by atoms with Gasteiger partial charge in [0.05, 0.1) is 6.61 Å². The first-order valence-electron chi connectivity index (χ1n) is 8.34. The number of rotatable bonds is 6. The van der Waals surface area contributed by atoms with Gasteiger partial charge in [-0.15, -0.1) is 0 Å². The maximum atomic E-state index is 12.8. The fraction of sp³-hybridized carbons (Fsp3) is 0.300. The van der Waals surface area contributed by atoms with Crippen LogP contribution in [0.1, 0.15) is 33.1 Å². The van der Waals surface area contributed by atoms with Crippen molar-refractivity contribution in [1.29, 1.82) is 0 Å². The molecule has 2 aromatic carbocycles. The lowest BCUT2D eigenvalue weighted by Gasteiger charge is -2.25. The summed E-state index contributed by atoms with van der Waals surface area (Å²) >= 11 is 0. The Balaban J connectivity index is 1.87. The lowest BCUT2D eigenvalue weighted by molar-refractivity contribution is -0.125. The van der Waals surface area contributed by atoms with E-state index in [0.29, 0.717) is 25.3 Å². The van der Waals surface area contributed by atoms with Gasteiger partial charge in [0.15, 0.2) is 0 Å². The minimum Gasteiger partial charge on any atom is -0.383 e. The van der Waals surface area contributed by atoms with E-state index < -0.39 is 6.04 Å². The Morgan fingerprint density at radius 3 is 2.60 bits per heavy atom. The number of hydrogen-bond donors (Lipinski definition) is 1. The van der Waals surface area contributed by atoms with Crippen molar-refractivity contribution in [2.45, 2.75) is 19.5 Å². The lowest BCUT2D eigenvalue weighted by atomic mass is 10.0. The average molecular weight is 338 g/mol. The molecule has 0 spiro atoms. The van der Waals surface area contributed by atoms with Gasteiger partial charge in [0.25, 0.3) is 5.91 Å². The highest BCUT2D eigenvalue weighted by Crippen LogP contribution is 2.34. The molecule has 0 radical (unpaired) electrons. The number of aryl methyl sites for hydroxylation is 1. The minimum absolute atomic E-state index is 0.108. The maximum Gasteiger partial charge on any atom is 0.255 e. The highest BCUT2D eigenvalue weighted by molar-refractivity contribution is 6.04. The van der Waals surface area contributed by atoms with E-state index in [1.807, 2.05) is 49.4 Å². The summed E-state index contributed by atoms with van der Waals surface area (Å²) in [6.45, 7) is 3.27. The Hall–Kier alpha value is -2.66. The van der Waals surface area contributed by atoms with Crippen molar-refractivity contribution in [1.82, 2.24) is 10.2 Å². The number of ether oxygens (including phenoxy) is 1. The van der Waals surface area contributed by atoms with E-state index in [4.69, 9.17) is 4.74 Å². The van der Waals surface area contributed by atoms with Gasteiger partial charge in [0, 0.05) is 25.8 Å². The van der Waals surface area contributed by atoms with Gasteiger partial charge in [-0.05, 0) is 24.1 Å². The summed E-state index contributed by atoms with van der Waals surface area (Å²) in [6.07, 6.45) is 0. The van der Waals surface area contributed by atoms with E-state index in [-0.39, 0.29) is 11.8 Å². The van der Waals surface area contributed by atoms with E-state index in [2.05, 4.69) is 5.32 Å². The Morgan fingerprint density at radius 2 is 1.88 bits per heavy atom. The van der Waals surface area contributed by atoms with Crippen molar-refractivity contribution >= 4 is 11.8 Å². The first kappa shape index (κ1) is 17.2. The summed E-state index contributed by atoms with van der Waals surface area (Å²) < 4.78 is 4.98. The maximum absolute atomic E-state index is 12.8. The normalized spacial score (nSPS) is 16.0. The molecule has 0 fully saturated rings. The van der Waals surface area contributed by atoms with Gasteiger partial charge >= 0.3 is 0 Å². The number of methoxy groups -OCH3 is 1. The van der Waals surface area contributed by atoms with Crippen LogP contribution >= 0.6 is 0 Å². The second-order valence-corrected chi connectivity index (χ2v) is 6.19. The molecule has 1 aliphatic heterocycles. The molecule has 1 N–H and O–H groups in total. The molecule has 130 valence electrons. The predicted octanol–water partition coefficient (Wildman–Crippen LogP) is 2.45. The van der Waals surface area contributed by atoms with Gasteiger partial charge in [-0.3, -0.25) is 9.59 Å². The largest absolute Gasteiger partial charge is 0.383 e. The van der Waals surface area contributed by atoms with E-state index in [9.17, 15) is 9.59 Å². The Labute approximate surface area is 147 Å². The first-order valence-corrected chi connectivity index (χ1v) is 8.34. The van der Waals surface area contributed by atoms with Gasteiger partial charge in [-0.1, -0.05) is 48.0 Å². The Kier molecular flexibility index (Phi) is 5.14. The zero-order valence-corrected chi connectivity index (χ0v) is 14.5. The molecule has 0 aromatic heterocycles. The minimum atomic E-state index is -0.609. The number of carbonyl (C=O) groups is 2. The van der Waals surface area contributed by atoms with Crippen LogP contribution in [0, 0.1) is 6.92 Å². The molecule has 0 saturated carbocycles. The second-order valence-electron chi connectivity index (χ2n) is 6.19. The van der Waals surface area contributed by atoms with Crippen LogP contribution in [-0.4, -0.2) is 37.0 Å². The molecule has 0 unspecified atom stereocenters. The van der Waals surface area contributed by atoms with E-state index in [1.165, 1.54) is 0 Å². The number of nitrogens with zero attached hydrogens (tertiary/aromatic N) is 1. The monoisotopic (exact) mass is 338 g/mol. The molecule has 3 rings (SSSR count). The number of nitrogens with one attached hydrogen (secondary N) is 1. The van der Waals surface area contributed by atoms with E-state index in [1.54, 1.807) is 18.1 Å². The molecular formula is C20H22N2O3. The van der Waals surface area contributed by atoms with Crippen molar-refractivity contribution in [3.05, 3.63) is 70.8 Å². The van der Waals surface area contributed by atoms with Crippen LogP contribution in [0.5, 0.6) is 0 Å². The predicted molar refractivity (Wildman–Crippen MR) is 95.1 cm³/mol. The third kappa shape index (κ3) is 3.56. The zero-order valence-electron chi connectivity index (χ0n) is 14.5. The molecule has 2 aromatic rings. The van der Waals surface area contributed by atoms with Crippen molar-refractivity contribution in [2.75, 3.05) is 20.3 Å². The molecule has 0 bridgehead atoms. The van der Waals surface area contributed by atoms with Crippen LogP contribution in [-0.2, 0) is 16.1 Å².